The van der Waals surface area contributed by atoms with Crippen LogP contribution in [0, 0.1) is 0 Å². The van der Waals surface area contributed by atoms with Crippen LogP contribution in [-0.2, 0) is 9.53 Å². The topological polar surface area (TPSA) is 61.8 Å². The zero-order chi connectivity index (χ0) is 13.5. The van der Waals surface area contributed by atoms with Crippen LogP contribution in [0.2, 0.25) is 0 Å². The third kappa shape index (κ3) is 5.33. The molecular weight excluding hydrogens is 232 g/mol. The van der Waals surface area contributed by atoms with Crippen molar-refractivity contribution in [1.29, 1.82) is 0 Å². The van der Waals surface area contributed by atoms with Crippen LogP contribution in [0.1, 0.15) is 33.1 Å². The summed E-state index contributed by atoms with van der Waals surface area (Å²) in [7, 11) is 1.67. The Kier molecular flexibility index (Phi) is 6.60. The molecule has 0 bridgehead atoms. The SMILES string of the molecule is CCC(C)N(CCOC)CC(NC1CC1)C(=O)O. The highest BCUT2D eigenvalue weighted by atomic mass is 16.5. The lowest BCUT2D eigenvalue weighted by atomic mass is 10.1. The predicted molar refractivity (Wildman–Crippen MR) is 70.8 cm³/mol. The molecule has 0 amide bonds. The zero-order valence-electron chi connectivity index (χ0n) is 11.7. The zero-order valence-corrected chi connectivity index (χ0v) is 11.7. The van der Waals surface area contributed by atoms with Gasteiger partial charge in [0.05, 0.1) is 6.61 Å². The Morgan fingerprint density at radius 3 is 2.67 bits per heavy atom. The van der Waals surface area contributed by atoms with Gasteiger partial charge in [0.25, 0.3) is 0 Å². The van der Waals surface area contributed by atoms with Gasteiger partial charge in [-0.15, -0.1) is 0 Å². The molecule has 1 saturated carbocycles. The van der Waals surface area contributed by atoms with E-state index in [-0.39, 0.29) is 0 Å². The molecule has 1 rings (SSSR count). The molecule has 2 unspecified atom stereocenters. The first-order chi connectivity index (χ1) is 8.58. The van der Waals surface area contributed by atoms with E-state index in [9.17, 15) is 9.90 Å². The number of carboxylic acid groups (broad SMARTS) is 1. The number of hydrogen-bond acceptors (Lipinski definition) is 4. The molecule has 1 fully saturated rings. The van der Waals surface area contributed by atoms with Crippen molar-refractivity contribution in [1.82, 2.24) is 10.2 Å². The van der Waals surface area contributed by atoms with Crippen LogP contribution in [0.5, 0.6) is 0 Å². The number of nitrogens with one attached hydrogen (secondary N) is 1. The Balaban J connectivity index is 2.50. The van der Waals surface area contributed by atoms with E-state index in [0.717, 1.165) is 25.8 Å². The Morgan fingerprint density at radius 2 is 2.22 bits per heavy atom. The first-order valence-electron chi connectivity index (χ1n) is 6.80. The van der Waals surface area contributed by atoms with E-state index in [1.54, 1.807) is 7.11 Å². The standard InChI is InChI=1S/C13H26N2O3/c1-4-10(2)15(7-8-18-3)9-12(13(16)17)14-11-5-6-11/h10-12,14H,4-9H2,1-3H3,(H,16,17). The van der Waals surface area contributed by atoms with Gasteiger partial charge < -0.3 is 15.2 Å². The molecule has 5 heteroatoms. The van der Waals surface area contributed by atoms with Crippen molar-refractivity contribution < 1.29 is 14.6 Å². The van der Waals surface area contributed by atoms with E-state index in [2.05, 4.69) is 24.1 Å². The fourth-order valence-corrected chi connectivity index (χ4v) is 1.93. The van der Waals surface area contributed by atoms with Crippen molar-refractivity contribution in [3.8, 4) is 0 Å². The van der Waals surface area contributed by atoms with E-state index >= 15 is 0 Å². The fourth-order valence-electron chi connectivity index (χ4n) is 1.93. The second kappa shape index (κ2) is 7.71. The Labute approximate surface area is 109 Å². The molecule has 0 saturated heterocycles. The van der Waals surface area contributed by atoms with Crippen molar-refractivity contribution in [3.63, 3.8) is 0 Å². The lowest BCUT2D eigenvalue weighted by Gasteiger charge is -2.30. The number of methoxy groups -OCH3 is 1. The number of aliphatic carboxylic acids is 1. The van der Waals surface area contributed by atoms with E-state index < -0.39 is 12.0 Å². The highest BCUT2D eigenvalue weighted by Crippen LogP contribution is 2.20. The third-order valence-electron chi connectivity index (χ3n) is 3.53. The number of hydrogen-bond donors (Lipinski definition) is 2. The molecule has 106 valence electrons. The number of ether oxygens (including phenoxy) is 1. The molecular formula is C13H26N2O3. The Hall–Kier alpha value is -0.650. The molecule has 0 aromatic heterocycles. The molecule has 0 radical (unpaired) electrons. The summed E-state index contributed by atoms with van der Waals surface area (Å²) in [6.07, 6.45) is 3.22. The summed E-state index contributed by atoms with van der Waals surface area (Å²) in [6.45, 7) is 6.21. The van der Waals surface area contributed by atoms with Gasteiger partial charge in [-0.25, -0.2) is 0 Å². The van der Waals surface area contributed by atoms with Crippen LogP contribution >= 0.6 is 0 Å². The fraction of sp³-hybridized carbons (Fsp3) is 0.923. The van der Waals surface area contributed by atoms with Gasteiger partial charge in [0.1, 0.15) is 6.04 Å². The average Bonchev–Trinajstić information content (AvgIpc) is 3.15. The van der Waals surface area contributed by atoms with Crippen LogP contribution in [0.4, 0.5) is 0 Å². The summed E-state index contributed by atoms with van der Waals surface area (Å²) in [4.78, 5) is 13.5. The van der Waals surface area contributed by atoms with Crippen LogP contribution in [0.15, 0.2) is 0 Å². The number of carbonyl (C=O) groups is 1. The smallest absolute Gasteiger partial charge is 0.322 e. The van der Waals surface area contributed by atoms with Gasteiger partial charge in [-0.1, -0.05) is 6.92 Å². The van der Waals surface area contributed by atoms with Crippen molar-refractivity contribution in [2.45, 2.75) is 51.2 Å². The molecule has 18 heavy (non-hydrogen) atoms. The molecule has 2 N–H and O–H groups in total. The van der Waals surface area contributed by atoms with Crippen LogP contribution < -0.4 is 5.32 Å². The maximum Gasteiger partial charge on any atom is 0.322 e. The summed E-state index contributed by atoms with van der Waals surface area (Å²) in [5.74, 6) is -0.757. The van der Waals surface area contributed by atoms with Gasteiger partial charge in [0.2, 0.25) is 0 Å². The lowest BCUT2D eigenvalue weighted by molar-refractivity contribution is -0.140. The lowest BCUT2D eigenvalue weighted by Crippen LogP contribution is -2.50. The second-order valence-electron chi connectivity index (χ2n) is 5.08. The minimum absolute atomic E-state index is 0.378. The van der Waals surface area contributed by atoms with E-state index in [4.69, 9.17) is 4.74 Å². The highest BCUT2D eigenvalue weighted by Gasteiger charge is 2.30. The van der Waals surface area contributed by atoms with Crippen LogP contribution in [-0.4, -0.2) is 60.9 Å². The summed E-state index contributed by atoms with van der Waals surface area (Å²) in [5.41, 5.74) is 0. The van der Waals surface area contributed by atoms with Gasteiger partial charge in [-0.3, -0.25) is 9.69 Å². The molecule has 0 aromatic rings. The molecule has 0 spiro atoms. The molecule has 0 aromatic carbocycles. The highest BCUT2D eigenvalue weighted by molar-refractivity contribution is 5.73. The monoisotopic (exact) mass is 258 g/mol. The minimum Gasteiger partial charge on any atom is -0.480 e. The van der Waals surface area contributed by atoms with Crippen molar-refractivity contribution in [2.75, 3.05) is 26.8 Å². The quantitative estimate of drug-likeness (QED) is 0.610. The molecule has 2 atom stereocenters. The molecule has 0 aliphatic heterocycles. The van der Waals surface area contributed by atoms with Crippen molar-refractivity contribution >= 4 is 5.97 Å². The number of rotatable bonds is 10. The normalized spacial score (nSPS) is 18.9. The maximum atomic E-state index is 11.3. The van der Waals surface area contributed by atoms with Gasteiger partial charge in [0.15, 0.2) is 0 Å². The summed E-state index contributed by atoms with van der Waals surface area (Å²) in [6, 6.07) is 0.318. The summed E-state index contributed by atoms with van der Waals surface area (Å²) >= 11 is 0. The van der Waals surface area contributed by atoms with E-state index in [1.165, 1.54) is 0 Å². The van der Waals surface area contributed by atoms with Gasteiger partial charge in [-0.2, -0.15) is 0 Å². The number of nitrogens with zero attached hydrogens (tertiary/aromatic N) is 1. The molecule has 1 aliphatic carbocycles. The Morgan fingerprint density at radius 1 is 1.56 bits per heavy atom. The number of carboxylic acids is 1. The minimum atomic E-state index is -0.757. The first-order valence-corrected chi connectivity index (χ1v) is 6.80. The molecule has 5 nitrogen and oxygen atoms in total. The van der Waals surface area contributed by atoms with E-state index in [1.807, 2.05) is 0 Å². The van der Waals surface area contributed by atoms with Crippen molar-refractivity contribution in [2.24, 2.45) is 0 Å². The van der Waals surface area contributed by atoms with Gasteiger partial charge in [0, 0.05) is 32.3 Å². The summed E-state index contributed by atoms with van der Waals surface area (Å²) < 4.78 is 5.09. The largest absolute Gasteiger partial charge is 0.480 e. The predicted octanol–water partition coefficient (Wildman–Crippen LogP) is 0.939. The average molecular weight is 258 g/mol. The van der Waals surface area contributed by atoms with Crippen LogP contribution in [0.3, 0.4) is 0 Å². The Bertz CT molecular complexity index is 257. The van der Waals surface area contributed by atoms with Crippen molar-refractivity contribution in [3.05, 3.63) is 0 Å². The second-order valence-corrected chi connectivity index (χ2v) is 5.08. The summed E-state index contributed by atoms with van der Waals surface area (Å²) in [5, 5.41) is 12.5. The van der Waals surface area contributed by atoms with Gasteiger partial charge in [-0.05, 0) is 26.2 Å². The van der Waals surface area contributed by atoms with Gasteiger partial charge >= 0.3 is 5.97 Å². The molecule has 0 heterocycles. The molecule has 1 aliphatic rings. The van der Waals surface area contributed by atoms with E-state index in [0.29, 0.717) is 25.2 Å². The third-order valence-corrected chi connectivity index (χ3v) is 3.53. The maximum absolute atomic E-state index is 11.3. The van der Waals surface area contributed by atoms with Crippen LogP contribution in [0.25, 0.3) is 0 Å². The first kappa shape index (κ1) is 15.4.